The van der Waals surface area contributed by atoms with Crippen molar-refractivity contribution in [1.82, 2.24) is 21.1 Å². The minimum Gasteiger partial charge on any atom is -0.382 e. The maximum atomic E-state index is 13.1. The average molecular weight is 481 g/mol. The molecule has 2 rings (SSSR count). The number of carbonyl (C=O) groups is 4. The Kier molecular flexibility index (Phi) is 9.34. The molecule has 0 aromatic carbocycles. The van der Waals surface area contributed by atoms with E-state index < -0.39 is 41.4 Å². The first-order chi connectivity index (χ1) is 15.9. The number of carbonyl (C=O) groups excluding carboxylic acids is 4. The van der Waals surface area contributed by atoms with Gasteiger partial charge < -0.3 is 29.9 Å². The Bertz CT molecular complexity index is 892. The van der Waals surface area contributed by atoms with Crippen LogP contribution in [0.15, 0.2) is 10.6 Å². The Hall–Kier alpha value is -2.79. The van der Waals surface area contributed by atoms with E-state index in [1.807, 2.05) is 13.8 Å². The molecule has 4 atom stereocenters. The topological polar surface area (TPSA) is 152 Å². The molecule has 3 N–H and O–H groups in total. The Balaban J connectivity index is 2.10. The highest BCUT2D eigenvalue weighted by molar-refractivity contribution is 5.99. The van der Waals surface area contributed by atoms with Crippen molar-refractivity contribution in [2.45, 2.75) is 71.7 Å². The van der Waals surface area contributed by atoms with E-state index in [2.05, 4.69) is 21.1 Å². The van der Waals surface area contributed by atoms with Gasteiger partial charge in [-0.15, -0.1) is 0 Å². The molecule has 2 heterocycles. The van der Waals surface area contributed by atoms with E-state index in [1.165, 1.54) is 13.2 Å². The first kappa shape index (κ1) is 27.5. The van der Waals surface area contributed by atoms with Gasteiger partial charge in [-0.2, -0.15) is 0 Å². The summed E-state index contributed by atoms with van der Waals surface area (Å²) in [5.74, 6) is -1.57. The van der Waals surface area contributed by atoms with Crippen LogP contribution in [0.1, 0.15) is 57.3 Å². The standard InChI is InChI=1S/C23H36N4O7/c1-12(2)8-15(19(28)23(6)11-33-23)24-22(31)18(13(3)4)26-21(30)17(10-32-7)25-20(29)16-9-14(5)34-27-16/h9,12-13,15,17-18H,8,10-11H2,1-7H3,(H,24,31)(H,25,29)(H,26,30)/t15-,17-,18-,23+/m0/s1. The van der Waals surface area contributed by atoms with Gasteiger partial charge in [-0.1, -0.05) is 32.9 Å². The molecule has 34 heavy (non-hydrogen) atoms. The maximum absolute atomic E-state index is 13.1. The Morgan fingerprint density at radius 2 is 1.74 bits per heavy atom. The van der Waals surface area contributed by atoms with Crippen molar-refractivity contribution in [1.29, 1.82) is 0 Å². The molecule has 0 spiro atoms. The average Bonchev–Trinajstić information content (AvgIpc) is 3.35. The molecule has 0 unspecified atom stereocenters. The summed E-state index contributed by atoms with van der Waals surface area (Å²) in [6.07, 6.45) is 0.446. The molecule has 0 saturated carbocycles. The van der Waals surface area contributed by atoms with E-state index in [9.17, 15) is 19.2 Å². The third-order valence-electron chi connectivity index (χ3n) is 5.50. The first-order valence-corrected chi connectivity index (χ1v) is 11.4. The van der Waals surface area contributed by atoms with E-state index in [0.29, 0.717) is 18.8 Å². The minimum atomic E-state index is -1.07. The van der Waals surface area contributed by atoms with E-state index >= 15 is 0 Å². The van der Waals surface area contributed by atoms with Gasteiger partial charge in [-0.25, -0.2) is 0 Å². The van der Waals surface area contributed by atoms with Crippen LogP contribution < -0.4 is 16.0 Å². The molecule has 0 radical (unpaired) electrons. The molecule has 0 aliphatic carbocycles. The van der Waals surface area contributed by atoms with Crippen LogP contribution >= 0.6 is 0 Å². The summed E-state index contributed by atoms with van der Waals surface area (Å²) in [4.78, 5) is 51.4. The highest BCUT2D eigenvalue weighted by Crippen LogP contribution is 2.29. The zero-order valence-corrected chi connectivity index (χ0v) is 20.9. The van der Waals surface area contributed by atoms with Crippen LogP contribution in [-0.4, -0.2) is 72.7 Å². The molecule has 0 bridgehead atoms. The largest absolute Gasteiger partial charge is 0.382 e. The lowest BCUT2D eigenvalue weighted by Gasteiger charge is -2.28. The highest BCUT2D eigenvalue weighted by Gasteiger charge is 2.50. The summed E-state index contributed by atoms with van der Waals surface area (Å²) in [7, 11) is 1.39. The molecule has 190 valence electrons. The van der Waals surface area contributed by atoms with Crippen LogP contribution in [0.2, 0.25) is 0 Å². The number of nitrogens with one attached hydrogen (secondary N) is 3. The molecule has 1 aromatic heterocycles. The summed E-state index contributed by atoms with van der Waals surface area (Å²) in [5, 5.41) is 11.7. The van der Waals surface area contributed by atoms with E-state index in [-0.39, 0.29) is 29.9 Å². The molecule has 1 saturated heterocycles. The monoisotopic (exact) mass is 480 g/mol. The summed E-state index contributed by atoms with van der Waals surface area (Å²) in [5.41, 5.74) is -0.855. The molecule has 1 aliphatic heterocycles. The van der Waals surface area contributed by atoms with Crippen molar-refractivity contribution >= 4 is 23.5 Å². The van der Waals surface area contributed by atoms with Crippen LogP contribution in [0.25, 0.3) is 0 Å². The van der Waals surface area contributed by atoms with Crippen molar-refractivity contribution in [2.24, 2.45) is 11.8 Å². The van der Waals surface area contributed by atoms with Gasteiger partial charge in [0.25, 0.3) is 5.91 Å². The summed E-state index contributed by atoms with van der Waals surface area (Å²) < 4.78 is 15.2. The van der Waals surface area contributed by atoms with Gasteiger partial charge >= 0.3 is 0 Å². The number of amides is 3. The summed E-state index contributed by atoms with van der Waals surface area (Å²) in [6.45, 7) is 11.0. The number of ketones is 1. The van der Waals surface area contributed by atoms with E-state index in [0.717, 1.165) is 0 Å². The summed E-state index contributed by atoms with van der Waals surface area (Å²) >= 11 is 0. The first-order valence-electron chi connectivity index (χ1n) is 11.4. The van der Waals surface area contributed by atoms with Crippen molar-refractivity contribution in [3.05, 3.63) is 17.5 Å². The van der Waals surface area contributed by atoms with Crippen molar-refractivity contribution < 1.29 is 33.2 Å². The molecular formula is C23H36N4O7. The Morgan fingerprint density at radius 3 is 2.21 bits per heavy atom. The number of hydrogen-bond donors (Lipinski definition) is 3. The van der Waals surface area contributed by atoms with Gasteiger partial charge in [-0.3, -0.25) is 19.2 Å². The quantitative estimate of drug-likeness (QED) is 0.350. The number of Topliss-reactive ketones (excluding diaryl/α,β-unsaturated/α-hetero) is 1. The number of epoxide rings is 1. The van der Waals surface area contributed by atoms with Gasteiger partial charge in [0.15, 0.2) is 11.5 Å². The van der Waals surface area contributed by atoms with Gasteiger partial charge in [0.1, 0.15) is 23.4 Å². The predicted octanol–water partition coefficient (Wildman–Crippen LogP) is 0.758. The lowest BCUT2D eigenvalue weighted by atomic mass is 9.92. The molecular weight excluding hydrogens is 444 g/mol. The molecule has 1 aromatic rings. The second-order valence-corrected chi connectivity index (χ2v) is 9.61. The third kappa shape index (κ3) is 7.36. The minimum absolute atomic E-state index is 0.0235. The third-order valence-corrected chi connectivity index (χ3v) is 5.50. The fraction of sp³-hybridized carbons (Fsp3) is 0.696. The van der Waals surface area contributed by atoms with Crippen molar-refractivity contribution in [3.63, 3.8) is 0 Å². The van der Waals surface area contributed by atoms with Crippen LogP contribution in [0.4, 0.5) is 0 Å². The molecule has 11 heteroatoms. The van der Waals surface area contributed by atoms with Crippen LogP contribution in [-0.2, 0) is 23.9 Å². The van der Waals surface area contributed by atoms with Gasteiger partial charge in [0, 0.05) is 13.2 Å². The number of nitrogens with zero attached hydrogens (tertiary/aromatic N) is 1. The smallest absolute Gasteiger partial charge is 0.274 e. The van der Waals surface area contributed by atoms with Crippen LogP contribution in [0, 0.1) is 18.8 Å². The second kappa shape index (κ2) is 11.6. The second-order valence-electron chi connectivity index (χ2n) is 9.61. The van der Waals surface area contributed by atoms with E-state index in [1.54, 1.807) is 27.7 Å². The fourth-order valence-electron chi connectivity index (χ4n) is 3.43. The molecule has 3 amide bonds. The van der Waals surface area contributed by atoms with E-state index in [4.69, 9.17) is 14.0 Å². The zero-order valence-electron chi connectivity index (χ0n) is 20.9. The lowest BCUT2D eigenvalue weighted by molar-refractivity contribution is -0.134. The molecule has 1 fully saturated rings. The Labute approximate surface area is 199 Å². The number of aromatic nitrogens is 1. The fourth-order valence-corrected chi connectivity index (χ4v) is 3.43. The van der Waals surface area contributed by atoms with Crippen LogP contribution in [0.3, 0.4) is 0 Å². The van der Waals surface area contributed by atoms with Gasteiger partial charge in [0.05, 0.1) is 19.3 Å². The predicted molar refractivity (Wildman–Crippen MR) is 122 cm³/mol. The number of methoxy groups -OCH3 is 1. The van der Waals surface area contributed by atoms with Crippen molar-refractivity contribution in [3.8, 4) is 0 Å². The lowest BCUT2D eigenvalue weighted by Crippen LogP contribution is -2.59. The zero-order chi connectivity index (χ0) is 25.6. The number of aryl methyl sites for hydroxylation is 1. The van der Waals surface area contributed by atoms with Crippen molar-refractivity contribution in [2.75, 3.05) is 20.3 Å². The van der Waals surface area contributed by atoms with Gasteiger partial charge in [0.2, 0.25) is 11.8 Å². The normalized spacial score (nSPS) is 19.9. The van der Waals surface area contributed by atoms with Gasteiger partial charge in [-0.05, 0) is 32.1 Å². The maximum Gasteiger partial charge on any atom is 0.274 e. The van der Waals surface area contributed by atoms with Crippen LogP contribution in [0.5, 0.6) is 0 Å². The highest BCUT2D eigenvalue weighted by atomic mass is 16.6. The molecule has 1 aliphatic rings. The number of ether oxygens (including phenoxy) is 2. The Morgan fingerprint density at radius 1 is 1.09 bits per heavy atom. The molecule has 11 nitrogen and oxygen atoms in total. The number of rotatable bonds is 13. The summed E-state index contributed by atoms with van der Waals surface area (Å²) in [6, 6.07) is -1.30. The SMILES string of the molecule is COC[C@H](NC(=O)c1cc(C)on1)C(=O)N[C@H](C(=O)N[C@@H](CC(C)C)C(=O)[C@@]1(C)CO1)C(C)C. The number of hydrogen-bond acceptors (Lipinski definition) is 8.